The Bertz CT molecular complexity index is 434. The second-order valence-electron chi connectivity index (χ2n) is 5.13. The Morgan fingerprint density at radius 2 is 1.90 bits per heavy atom. The van der Waals surface area contributed by atoms with E-state index in [1.54, 1.807) is 6.92 Å². The van der Waals surface area contributed by atoms with Gasteiger partial charge in [-0.2, -0.15) is 0 Å². The van der Waals surface area contributed by atoms with Crippen molar-refractivity contribution in [2.45, 2.75) is 52.3 Å². The normalized spacial score (nSPS) is 15.2. The van der Waals surface area contributed by atoms with E-state index in [1.807, 2.05) is 45.2 Å². The molecule has 20 heavy (non-hydrogen) atoms. The fourth-order valence-electron chi connectivity index (χ4n) is 1.81. The van der Waals surface area contributed by atoms with Crippen LogP contribution in [0.25, 0.3) is 0 Å². The maximum absolute atomic E-state index is 12.0. The predicted molar refractivity (Wildman–Crippen MR) is 81.9 cm³/mol. The summed E-state index contributed by atoms with van der Waals surface area (Å²) in [5.74, 6) is 0.674. The molecule has 1 rings (SSSR count). The molecule has 1 aromatic carbocycles. The highest BCUT2D eigenvalue weighted by Crippen LogP contribution is 2.25. The average molecular weight is 278 g/mol. The van der Waals surface area contributed by atoms with Crippen LogP contribution in [0.4, 0.5) is 0 Å². The third-order valence-electron chi connectivity index (χ3n) is 3.49. The van der Waals surface area contributed by atoms with Gasteiger partial charge in [-0.1, -0.05) is 25.1 Å². The number of carbonyl (C=O) groups is 1. The van der Waals surface area contributed by atoms with Gasteiger partial charge in [0.05, 0.1) is 0 Å². The van der Waals surface area contributed by atoms with Crippen molar-refractivity contribution in [1.82, 2.24) is 10.6 Å². The lowest BCUT2D eigenvalue weighted by Crippen LogP contribution is -2.41. The molecule has 1 amide bonds. The quantitative estimate of drug-likeness (QED) is 0.806. The summed E-state index contributed by atoms with van der Waals surface area (Å²) in [5, 5.41) is 6.12. The minimum absolute atomic E-state index is 0.0775. The summed E-state index contributed by atoms with van der Waals surface area (Å²) >= 11 is 0. The molecule has 0 saturated heterocycles. The van der Waals surface area contributed by atoms with Crippen LogP contribution in [0.15, 0.2) is 24.3 Å². The third-order valence-corrected chi connectivity index (χ3v) is 3.49. The molecule has 0 bridgehead atoms. The first-order chi connectivity index (χ1) is 9.49. The Morgan fingerprint density at radius 1 is 1.25 bits per heavy atom. The Hall–Kier alpha value is -1.55. The number of para-hydroxylation sites is 1. The van der Waals surface area contributed by atoms with Gasteiger partial charge >= 0.3 is 0 Å². The molecular formula is C16H26N2O2. The number of carbonyl (C=O) groups excluding carboxylic acids is 1. The monoisotopic (exact) mass is 278 g/mol. The van der Waals surface area contributed by atoms with Crippen LogP contribution >= 0.6 is 0 Å². The van der Waals surface area contributed by atoms with Gasteiger partial charge in [0, 0.05) is 17.6 Å². The first kappa shape index (κ1) is 16.5. The molecule has 0 radical (unpaired) electrons. The second kappa shape index (κ2) is 7.90. The highest BCUT2D eigenvalue weighted by molar-refractivity contribution is 5.81. The maximum Gasteiger partial charge on any atom is 0.260 e. The fourth-order valence-corrected chi connectivity index (χ4v) is 1.81. The molecule has 0 aliphatic rings. The summed E-state index contributed by atoms with van der Waals surface area (Å²) in [6, 6.07) is 8.14. The van der Waals surface area contributed by atoms with E-state index in [0.717, 1.165) is 17.7 Å². The van der Waals surface area contributed by atoms with Gasteiger partial charge in [-0.25, -0.2) is 0 Å². The first-order valence-corrected chi connectivity index (χ1v) is 7.22. The van der Waals surface area contributed by atoms with Crippen LogP contribution in [-0.2, 0) is 4.79 Å². The smallest absolute Gasteiger partial charge is 0.260 e. The van der Waals surface area contributed by atoms with Gasteiger partial charge in [0.1, 0.15) is 5.75 Å². The van der Waals surface area contributed by atoms with E-state index >= 15 is 0 Å². The van der Waals surface area contributed by atoms with Crippen LogP contribution in [0.1, 0.15) is 45.7 Å². The van der Waals surface area contributed by atoms with Crippen LogP contribution in [0, 0.1) is 0 Å². The van der Waals surface area contributed by atoms with E-state index in [2.05, 4.69) is 17.6 Å². The Labute approximate surface area is 121 Å². The van der Waals surface area contributed by atoms with E-state index in [-0.39, 0.29) is 18.0 Å². The third kappa shape index (κ3) is 4.53. The molecule has 0 aliphatic heterocycles. The number of amides is 1. The molecule has 2 N–H and O–H groups in total. The van der Waals surface area contributed by atoms with Crippen molar-refractivity contribution in [2.24, 2.45) is 0 Å². The van der Waals surface area contributed by atoms with Gasteiger partial charge < -0.3 is 15.4 Å². The molecule has 3 unspecified atom stereocenters. The zero-order valence-corrected chi connectivity index (χ0v) is 13.1. The number of hydrogen-bond acceptors (Lipinski definition) is 3. The number of nitrogens with one attached hydrogen (secondary N) is 2. The summed E-state index contributed by atoms with van der Waals surface area (Å²) in [7, 11) is 1.90. The molecule has 4 nitrogen and oxygen atoms in total. The lowest BCUT2D eigenvalue weighted by molar-refractivity contribution is -0.127. The van der Waals surface area contributed by atoms with Crippen LogP contribution in [0.2, 0.25) is 0 Å². The Morgan fingerprint density at radius 3 is 2.50 bits per heavy atom. The molecule has 0 heterocycles. The molecule has 112 valence electrons. The summed E-state index contributed by atoms with van der Waals surface area (Å²) in [5.41, 5.74) is 1.05. The topological polar surface area (TPSA) is 50.4 Å². The number of hydrogen-bond donors (Lipinski definition) is 2. The standard InChI is InChI=1S/C16H26N2O2/c1-6-11(2)18-16(19)13(4)20-15-10-8-7-9-14(15)12(3)17-5/h7-13,17H,6H2,1-5H3,(H,18,19). The Balaban J connectivity index is 2.75. The molecule has 0 spiro atoms. The largest absolute Gasteiger partial charge is 0.481 e. The van der Waals surface area contributed by atoms with Gasteiger partial charge in [0.15, 0.2) is 6.10 Å². The van der Waals surface area contributed by atoms with Crippen molar-refractivity contribution in [1.29, 1.82) is 0 Å². The highest BCUT2D eigenvalue weighted by atomic mass is 16.5. The predicted octanol–water partition coefficient (Wildman–Crippen LogP) is 2.65. The summed E-state index contributed by atoms with van der Waals surface area (Å²) < 4.78 is 5.82. The molecule has 0 saturated carbocycles. The first-order valence-electron chi connectivity index (χ1n) is 7.22. The maximum atomic E-state index is 12.0. The molecule has 0 aliphatic carbocycles. The zero-order valence-electron chi connectivity index (χ0n) is 13.1. The average Bonchev–Trinajstić information content (AvgIpc) is 2.46. The van der Waals surface area contributed by atoms with Crippen LogP contribution in [0.5, 0.6) is 5.75 Å². The molecule has 3 atom stereocenters. The number of rotatable bonds is 7. The number of ether oxygens (including phenoxy) is 1. The van der Waals surface area contributed by atoms with Crippen molar-refractivity contribution < 1.29 is 9.53 Å². The molecular weight excluding hydrogens is 252 g/mol. The second-order valence-corrected chi connectivity index (χ2v) is 5.13. The Kier molecular flexibility index (Phi) is 6.52. The van der Waals surface area contributed by atoms with Gasteiger partial charge in [0.25, 0.3) is 5.91 Å². The minimum atomic E-state index is -0.505. The van der Waals surface area contributed by atoms with Gasteiger partial charge in [-0.15, -0.1) is 0 Å². The SMILES string of the molecule is CCC(C)NC(=O)C(C)Oc1ccccc1C(C)NC. The van der Waals surface area contributed by atoms with Crippen molar-refractivity contribution in [3.8, 4) is 5.75 Å². The number of benzene rings is 1. The van der Waals surface area contributed by atoms with Gasteiger partial charge in [-0.05, 0) is 40.3 Å². The van der Waals surface area contributed by atoms with Crippen LogP contribution < -0.4 is 15.4 Å². The molecule has 4 heteroatoms. The van der Waals surface area contributed by atoms with E-state index in [0.29, 0.717) is 0 Å². The van der Waals surface area contributed by atoms with Gasteiger partial charge in [-0.3, -0.25) is 4.79 Å². The molecule has 0 aromatic heterocycles. The van der Waals surface area contributed by atoms with E-state index < -0.39 is 6.10 Å². The van der Waals surface area contributed by atoms with Crippen molar-refractivity contribution in [2.75, 3.05) is 7.05 Å². The van der Waals surface area contributed by atoms with E-state index in [9.17, 15) is 4.79 Å². The van der Waals surface area contributed by atoms with Crippen molar-refractivity contribution in [3.05, 3.63) is 29.8 Å². The zero-order chi connectivity index (χ0) is 15.1. The van der Waals surface area contributed by atoms with Crippen LogP contribution in [0.3, 0.4) is 0 Å². The van der Waals surface area contributed by atoms with Crippen molar-refractivity contribution in [3.63, 3.8) is 0 Å². The minimum Gasteiger partial charge on any atom is -0.481 e. The molecule has 0 fully saturated rings. The lowest BCUT2D eigenvalue weighted by atomic mass is 10.1. The van der Waals surface area contributed by atoms with Crippen LogP contribution in [-0.4, -0.2) is 25.1 Å². The lowest BCUT2D eigenvalue weighted by Gasteiger charge is -2.21. The summed E-state index contributed by atoms with van der Waals surface area (Å²) in [4.78, 5) is 12.0. The van der Waals surface area contributed by atoms with Crippen molar-refractivity contribution >= 4 is 5.91 Å². The molecule has 1 aromatic rings. The van der Waals surface area contributed by atoms with E-state index in [4.69, 9.17) is 4.74 Å². The fraction of sp³-hybridized carbons (Fsp3) is 0.562. The highest BCUT2D eigenvalue weighted by Gasteiger charge is 2.18. The van der Waals surface area contributed by atoms with E-state index in [1.165, 1.54) is 0 Å². The summed E-state index contributed by atoms with van der Waals surface area (Å²) in [6.45, 7) is 7.87. The van der Waals surface area contributed by atoms with Gasteiger partial charge in [0.2, 0.25) is 0 Å². The summed E-state index contributed by atoms with van der Waals surface area (Å²) in [6.07, 6.45) is 0.403.